The monoisotopic (exact) mass is 290 g/mol. The second-order valence-electron chi connectivity index (χ2n) is 7.59. The number of rotatable bonds is 1. The standard InChI is InChI=1S/C20H26.Na.H/c1-19(2,3)17-14-10-13-16(18(17)20(4,5)6)15-11-8-7-9-12-15;;/h7-14H,1-6H3;;. The van der Waals surface area contributed by atoms with E-state index in [-0.39, 0.29) is 40.4 Å². The summed E-state index contributed by atoms with van der Waals surface area (Å²) in [7, 11) is 0. The summed E-state index contributed by atoms with van der Waals surface area (Å²) in [5.74, 6) is 0. The van der Waals surface area contributed by atoms with Crippen LogP contribution in [0.1, 0.15) is 52.7 Å². The van der Waals surface area contributed by atoms with Gasteiger partial charge in [-0.1, -0.05) is 90.1 Å². The van der Waals surface area contributed by atoms with Crippen molar-refractivity contribution in [3.63, 3.8) is 0 Å². The van der Waals surface area contributed by atoms with Crippen molar-refractivity contribution in [3.05, 3.63) is 59.7 Å². The molecule has 1 heteroatoms. The number of benzene rings is 2. The van der Waals surface area contributed by atoms with Gasteiger partial charge in [-0.2, -0.15) is 0 Å². The zero-order valence-electron chi connectivity index (χ0n) is 13.6. The van der Waals surface area contributed by atoms with Crippen molar-refractivity contribution >= 4 is 29.6 Å². The van der Waals surface area contributed by atoms with E-state index in [0.29, 0.717) is 0 Å². The molecule has 0 aliphatic heterocycles. The van der Waals surface area contributed by atoms with Gasteiger partial charge in [0.05, 0.1) is 0 Å². The van der Waals surface area contributed by atoms with Crippen molar-refractivity contribution < 1.29 is 0 Å². The molecule has 0 amide bonds. The van der Waals surface area contributed by atoms with Crippen LogP contribution < -0.4 is 0 Å². The first kappa shape index (κ1) is 18.5. The van der Waals surface area contributed by atoms with Gasteiger partial charge in [0, 0.05) is 0 Å². The Morgan fingerprint density at radius 1 is 0.619 bits per heavy atom. The van der Waals surface area contributed by atoms with Crippen LogP contribution in [-0.4, -0.2) is 29.6 Å². The van der Waals surface area contributed by atoms with E-state index in [9.17, 15) is 0 Å². The maximum absolute atomic E-state index is 2.31. The molecule has 21 heavy (non-hydrogen) atoms. The molecule has 0 fully saturated rings. The van der Waals surface area contributed by atoms with Crippen LogP contribution in [0.5, 0.6) is 0 Å². The third-order valence-corrected chi connectivity index (χ3v) is 3.71. The Labute approximate surface area is 152 Å². The summed E-state index contributed by atoms with van der Waals surface area (Å²) in [6.45, 7) is 13.8. The average Bonchev–Trinajstić information content (AvgIpc) is 2.37. The number of hydrogen-bond acceptors (Lipinski definition) is 0. The zero-order chi connectivity index (χ0) is 15.0. The third kappa shape index (κ3) is 4.22. The minimum absolute atomic E-state index is 0. The summed E-state index contributed by atoms with van der Waals surface area (Å²) < 4.78 is 0. The molecule has 0 unspecified atom stereocenters. The van der Waals surface area contributed by atoms with Crippen molar-refractivity contribution in [1.82, 2.24) is 0 Å². The van der Waals surface area contributed by atoms with Crippen molar-refractivity contribution in [2.75, 3.05) is 0 Å². The fraction of sp³-hybridized carbons (Fsp3) is 0.400. The summed E-state index contributed by atoms with van der Waals surface area (Å²) >= 11 is 0. The van der Waals surface area contributed by atoms with Gasteiger partial charge in [-0.3, -0.25) is 0 Å². The maximum atomic E-state index is 2.31. The molecule has 0 heterocycles. The van der Waals surface area contributed by atoms with Crippen LogP contribution in [0.15, 0.2) is 48.5 Å². The van der Waals surface area contributed by atoms with Gasteiger partial charge in [0.25, 0.3) is 0 Å². The van der Waals surface area contributed by atoms with Gasteiger partial charge in [-0.15, -0.1) is 0 Å². The molecule has 0 radical (unpaired) electrons. The first-order valence-corrected chi connectivity index (χ1v) is 7.40. The molecule has 108 valence electrons. The van der Waals surface area contributed by atoms with Crippen LogP contribution in [0.25, 0.3) is 11.1 Å². The molecule has 0 atom stereocenters. The average molecular weight is 290 g/mol. The Morgan fingerprint density at radius 2 is 1.19 bits per heavy atom. The predicted molar refractivity (Wildman–Crippen MR) is 96.4 cm³/mol. The van der Waals surface area contributed by atoms with E-state index in [1.54, 1.807) is 0 Å². The quantitative estimate of drug-likeness (QED) is 0.625. The van der Waals surface area contributed by atoms with Gasteiger partial charge in [0.1, 0.15) is 0 Å². The van der Waals surface area contributed by atoms with Crippen LogP contribution in [0.2, 0.25) is 0 Å². The summed E-state index contributed by atoms with van der Waals surface area (Å²) in [6, 6.07) is 17.5. The van der Waals surface area contributed by atoms with Crippen LogP contribution in [-0.2, 0) is 10.8 Å². The van der Waals surface area contributed by atoms with Crippen molar-refractivity contribution in [3.8, 4) is 11.1 Å². The van der Waals surface area contributed by atoms with E-state index < -0.39 is 0 Å². The number of hydrogen-bond donors (Lipinski definition) is 0. The van der Waals surface area contributed by atoms with Gasteiger partial charge in [0.15, 0.2) is 0 Å². The second kappa shape index (κ2) is 6.69. The summed E-state index contributed by atoms with van der Waals surface area (Å²) in [5, 5.41) is 0. The van der Waals surface area contributed by atoms with E-state index in [1.165, 1.54) is 22.3 Å². The molecule has 0 saturated heterocycles. The second-order valence-corrected chi connectivity index (χ2v) is 7.59. The molecule has 0 bridgehead atoms. The molecule has 0 spiro atoms. The van der Waals surface area contributed by atoms with E-state index in [1.807, 2.05) is 0 Å². The van der Waals surface area contributed by atoms with Crippen molar-refractivity contribution in [2.24, 2.45) is 0 Å². The molecule has 0 nitrogen and oxygen atoms in total. The third-order valence-electron chi connectivity index (χ3n) is 3.71. The molecule has 0 aliphatic carbocycles. The van der Waals surface area contributed by atoms with Crippen LogP contribution >= 0.6 is 0 Å². The Bertz CT molecular complexity index is 583. The fourth-order valence-electron chi connectivity index (χ4n) is 2.84. The normalized spacial score (nSPS) is 11.9. The summed E-state index contributed by atoms with van der Waals surface area (Å²) in [5.41, 5.74) is 5.89. The Kier molecular flexibility index (Phi) is 5.89. The molecule has 2 aromatic rings. The van der Waals surface area contributed by atoms with E-state index in [2.05, 4.69) is 90.1 Å². The molecule has 0 aliphatic rings. The van der Waals surface area contributed by atoms with Crippen molar-refractivity contribution in [2.45, 2.75) is 52.4 Å². The van der Waals surface area contributed by atoms with Gasteiger partial charge < -0.3 is 0 Å². The summed E-state index contributed by atoms with van der Waals surface area (Å²) in [4.78, 5) is 0. The van der Waals surface area contributed by atoms with Gasteiger partial charge in [-0.05, 0) is 33.1 Å². The molecule has 0 aromatic heterocycles. The van der Waals surface area contributed by atoms with Crippen LogP contribution in [0.4, 0.5) is 0 Å². The molecule has 0 N–H and O–H groups in total. The fourth-order valence-corrected chi connectivity index (χ4v) is 2.84. The van der Waals surface area contributed by atoms with Gasteiger partial charge in [0.2, 0.25) is 0 Å². The zero-order valence-corrected chi connectivity index (χ0v) is 13.6. The SMILES string of the molecule is CC(C)(C)c1cccc(-c2ccccc2)c1C(C)(C)C.[NaH]. The van der Waals surface area contributed by atoms with Gasteiger partial charge >= 0.3 is 29.6 Å². The minimum atomic E-state index is 0. The molecular formula is C20H27Na. The summed E-state index contributed by atoms with van der Waals surface area (Å²) in [6.07, 6.45) is 0. The Balaban J connectivity index is 0.00000220. The first-order valence-electron chi connectivity index (χ1n) is 7.40. The Hall–Kier alpha value is -0.560. The van der Waals surface area contributed by atoms with Crippen LogP contribution in [0, 0.1) is 0 Å². The predicted octanol–water partition coefficient (Wildman–Crippen LogP) is 5.30. The molecule has 2 aromatic carbocycles. The van der Waals surface area contributed by atoms with E-state index in [4.69, 9.17) is 0 Å². The first-order chi connectivity index (χ1) is 9.21. The van der Waals surface area contributed by atoms with Gasteiger partial charge in [-0.25, -0.2) is 0 Å². The van der Waals surface area contributed by atoms with E-state index >= 15 is 0 Å². The molecule has 0 saturated carbocycles. The van der Waals surface area contributed by atoms with Crippen LogP contribution in [0.3, 0.4) is 0 Å². The molecule has 2 rings (SSSR count). The van der Waals surface area contributed by atoms with E-state index in [0.717, 1.165) is 0 Å². The molecular weight excluding hydrogens is 263 g/mol. The Morgan fingerprint density at radius 3 is 1.67 bits per heavy atom. The van der Waals surface area contributed by atoms with Crippen molar-refractivity contribution in [1.29, 1.82) is 0 Å². The topological polar surface area (TPSA) is 0 Å².